The topological polar surface area (TPSA) is 26.3 Å². The van der Waals surface area contributed by atoms with E-state index >= 15 is 0 Å². The van der Waals surface area contributed by atoms with Crippen LogP contribution >= 0.6 is 0 Å². The van der Waals surface area contributed by atoms with Crippen LogP contribution in [0.25, 0.3) is 0 Å². The average Bonchev–Trinajstić information content (AvgIpc) is 2.45. The molecule has 20 heavy (non-hydrogen) atoms. The third-order valence-electron chi connectivity index (χ3n) is 3.56. The van der Waals surface area contributed by atoms with E-state index in [-0.39, 0.29) is 5.97 Å². The van der Waals surface area contributed by atoms with Gasteiger partial charge in [0, 0.05) is 5.57 Å². The molecule has 0 spiro atoms. The van der Waals surface area contributed by atoms with E-state index in [9.17, 15) is 4.79 Å². The smallest absolute Gasteiger partial charge is 0.333 e. The first-order chi connectivity index (χ1) is 9.72. The van der Waals surface area contributed by atoms with Gasteiger partial charge < -0.3 is 4.74 Å². The van der Waals surface area contributed by atoms with Crippen molar-refractivity contribution >= 4 is 5.97 Å². The summed E-state index contributed by atoms with van der Waals surface area (Å²) < 4.78 is 5.27. The molecule has 0 aliphatic rings. The molecule has 0 aromatic rings. The van der Waals surface area contributed by atoms with E-state index < -0.39 is 0 Å². The number of hydrogen-bond donors (Lipinski definition) is 0. The number of esters is 1. The molecule has 0 unspecified atom stereocenters. The summed E-state index contributed by atoms with van der Waals surface area (Å²) in [5.74, 6) is -0.135. The summed E-state index contributed by atoms with van der Waals surface area (Å²) >= 11 is 0. The predicted octanol–water partition coefficient (Wildman–Crippen LogP) is 5.81. The molecule has 0 aromatic carbocycles. The van der Waals surface area contributed by atoms with Crippen molar-refractivity contribution in [2.24, 2.45) is 0 Å². The quantitative estimate of drug-likeness (QED) is 0.242. The molecular formula is C18H34O2. The number of unbranched alkanes of at least 4 members (excludes halogenated alkanes) is 9. The Balaban J connectivity index is 3.41. The standard InChI is InChI=1S/C18H34O2/c1-4-6-8-9-10-11-12-14-16-20-18(19)17(3)15-13-7-5-2/h15H,4-14,16H2,1-3H3. The molecule has 0 saturated heterocycles. The molecule has 0 rings (SSSR count). The summed E-state index contributed by atoms with van der Waals surface area (Å²) in [6.45, 7) is 6.83. The van der Waals surface area contributed by atoms with Crippen LogP contribution in [0.4, 0.5) is 0 Å². The minimum absolute atomic E-state index is 0.135. The number of carbonyl (C=O) groups is 1. The van der Waals surface area contributed by atoms with Gasteiger partial charge in [-0.3, -0.25) is 0 Å². The van der Waals surface area contributed by atoms with Gasteiger partial charge in [0.25, 0.3) is 0 Å². The Bertz CT molecular complexity index is 256. The second-order valence-electron chi connectivity index (χ2n) is 5.64. The molecule has 0 N–H and O–H groups in total. The van der Waals surface area contributed by atoms with Crippen molar-refractivity contribution in [2.45, 2.75) is 91.4 Å². The minimum atomic E-state index is -0.135. The van der Waals surface area contributed by atoms with Crippen molar-refractivity contribution < 1.29 is 9.53 Å². The van der Waals surface area contributed by atoms with Gasteiger partial charge in [-0.15, -0.1) is 0 Å². The molecular weight excluding hydrogens is 248 g/mol. The highest BCUT2D eigenvalue weighted by atomic mass is 16.5. The lowest BCUT2D eigenvalue weighted by atomic mass is 10.1. The molecule has 0 saturated carbocycles. The molecule has 0 atom stereocenters. The summed E-state index contributed by atoms with van der Waals surface area (Å²) in [5.41, 5.74) is 0.762. The van der Waals surface area contributed by atoms with Crippen LogP contribution in [0.3, 0.4) is 0 Å². The summed E-state index contributed by atoms with van der Waals surface area (Å²) in [7, 11) is 0. The zero-order chi connectivity index (χ0) is 15.1. The van der Waals surface area contributed by atoms with Crippen LogP contribution < -0.4 is 0 Å². The number of ether oxygens (including phenoxy) is 1. The highest BCUT2D eigenvalue weighted by Gasteiger charge is 2.04. The number of carbonyl (C=O) groups excluding carboxylic acids is 1. The van der Waals surface area contributed by atoms with Gasteiger partial charge in [-0.05, 0) is 19.8 Å². The lowest BCUT2D eigenvalue weighted by Gasteiger charge is -2.05. The van der Waals surface area contributed by atoms with E-state index in [1.807, 2.05) is 13.0 Å². The Hall–Kier alpha value is -0.790. The molecule has 0 radical (unpaired) electrons. The summed E-state index contributed by atoms with van der Waals surface area (Å²) in [6.07, 6.45) is 15.5. The maximum atomic E-state index is 11.7. The minimum Gasteiger partial charge on any atom is -0.462 e. The van der Waals surface area contributed by atoms with E-state index in [1.54, 1.807) is 0 Å². The lowest BCUT2D eigenvalue weighted by molar-refractivity contribution is -0.139. The SMILES string of the molecule is CCCCC=C(C)C(=O)OCCCCCCCCCC. The fraction of sp³-hybridized carbons (Fsp3) is 0.833. The first-order valence-electron chi connectivity index (χ1n) is 8.56. The first kappa shape index (κ1) is 19.2. The van der Waals surface area contributed by atoms with Crippen LogP contribution in [0.2, 0.25) is 0 Å². The van der Waals surface area contributed by atoms with Crippen molar-refractivity contribution in [3.63, 3.8) is 0 Å². The number of hydrogen-bond acceptors (Lipinski definition) is 2. The molecule has 0 aliphatic carbocycles. The lowest BCUT2D eigenvalue weighted by Crippen LogP contribution is -2.07. The maximum Gasteiger partial charge on any atom is 0.333 e. The molecule has 0 heterocycles. The Labute approximate surface area is 126 Å². The van der Waals surface area contributed by atoms with Crippen molar-refractivity contribution in [1.29, 1.82) is 0 Å². The summed E-state index contributed by atoms with van der Waals surface area (Å²) in [4.78, 5) is 11.7. The fourth-order valence-electron chi connectivity index (χ4n) is 2.12. The Kier molecular flexibility index (Phi) is 14.0. The molecule has 2 nitrogen and oxygen atoms in total. The molecule has 118 valence electrons. The van der Waals surface area contributed by atoms with Crippen LogP contribution in [-0.4, -0.2) is 12.6 Å². The summed E-state index contributed by atoms with van der Waals surface area (Å²) in [6, 6.07) is 0. The van der Waals surface area contributed by atoms with Gasteiger partial charge in [-0.2, -0.15) is 0 Å². The van der Waals surface area contributed by atoms with Gasteiger partial charge in [-0.25, -0.2) is 4.79 Å². The van der Waals surface area contributed by atoms with E-state index in [4.69, 9.17) is 4.74 Å². The molecule has 0 aliphatic heterocycles. The highest BCUT2D eigenvalue weighted by Crippen LogP contribution is 2.09. The third kappa shape index (κ3) is 12.3. The number of allylic oxidation sites excluding steroid dienone is 1. The molecule has 0 bridgehead atoms. The Morgan fingerprint density at radius 2 is 1.40 bits per heavy atom. The normalized spacial score (nSPS) is 11.7. The first-order valence-corrected chi connectivity index (χ1v) is 8.56. The largest absolute Gasteiger partial charge is 0.462 e. The predicted molar refractivity (Wildman–Crippen MR) is 86.9 cm³/mol. The molecule has 0 amide bonds. The van der Waals surface area contributed by atoms with E-state index in [2.05, 4.69) is 13.8 Å². The van der Waals surface area contributed by atoms with Gasteiger partial charge in [0.15, 0.2) is 0 Å². The van der Waals surface area contributed by atoms with Crippen molar-refractivity contribution in [3.8, 4) is 0 Å². The second kappa shape index (κ2) is 14.6. The van der Waals surface area contributed by atoms with Gasteiger partial charge >= 0.3 is 5.97 Å². The molecule has 0 aromatic heterocycles. The van der Waals surface area contributed by atoms with E-state index in [0.717, 1.165) is 31.3 Å². The molecule has 2 heteroatoms. The Morgan fingerprint density at radius 1 is 0.850 bits per heavy atom. The van der Waals surface area contributed by atoms with Crippen molar-refractivity contribution in [1.82, 2.24) is 0 Å². The zero-order valence-electron chi connectivity index (χ0n) is 13.9. The zero-order valence-corrected chi connectivity index (χ0v) is 13.9. The maximum absolute atomic E-state index is 11.7. The number of rotatable bonds is 13. The highest BCUT2D eigenvalue weighted by molar-refractivity contribution is 5.87. The van der Waals surface area contributed by atoms with Gasteiger partial charge in [0.2, 0.25) is 0 Å². The van der Waals surface area contributed by atoms with Crippen molar-refractivity contribution in [3.05, 3.63) is 11.6 Å². The van der Waals surface area contributed by atoms with Crippen LogP contribution in [0, 0.1) is 0 Å². The van der Waals surface area contributed by atoms with Gasteiger partial charge in [0.1, 0.15) is 0 Å². The van der Waals surface area contributed by atoms with E-state index in [1.165, 1.54) is 44.9 Å². The van der Waals surface area contributed by atoms with Crippen LogP contribution in [0.15, 0.2) is 11.6 Å². The van der Waals surface area contributed by atoms with Crippen LogP contribution in [0.1, 0.15) is 91.4 Å². The average molecular weight is 282 g/mol. The molecule has 0 fully saturated rings. The third-order valence-corrected chi connectivity index (χ3v) is 3.56. The van der Waals surface area contributed by atoms with Crippen molar-refractivity contribution in [2.75, 3.05) is 6.61 Å². The van der Waals surface area contributed by atoms with Crippen LogP contribution in [0.5, 0.6) is 0 Å². The fourth-order valence-corrected chi connectivity index (χ4v) is 2.12. The van der Waals surface area contributed by atoms with Crippen LogP contribution in [-0.2, 0) is 9.53 Å². The van der Waals surface area contributed by atoms with Gasteiger partial charge in [0.05, 0.1) is 6.61 Å². The Morgan fingerprint density at radius 3 is 2.00 bits per heavy atom. The second-order valence-corrected chi connectivity index (χ2v) is 5.64. The van der Waals surface area contributed by atoms with E-state index in [0.29, 0.717) is 6.61 Å². The summed E-state index contributed by atoms with van der Waals surface area (Å²) in [5, 5.41) is 0. The monoisotopic (exact) mass is 282 g/mol. The van der Waals surface area contributed by atoms with Gasteiger partial charge in [-0.1, -0.05) is 77.7 Å².